The van der Waals surface area contributed by atoms with Crippen molar-refractivity contribution in [2.75, 3.05) is 12.1 Å². The summed E-state index contributed by atoms with van der Waals surface area (Å²) in [6.07, 6.45) is 5.83. The van der Waals surface area contributed by atoms with E-state index >= 15 is 0 Å². The van der Waals surface area contributed by atoms with Crippen LogP contribution in [0.3, 0.4) is 0 Å². The van der Waals surface area contributed by atoms with Crippen molar-refractivity contribution in [3.63, 3.8) is 0 Å². The highest BCUT2D eigenvalue weighted by Gasteiger charge is 2.04. The molecule has 0 saturated heterocycles. The first kappa shape index (κ1) is 12.3. The number of aryl methyl sites for hydroxylation is 1. The lowest BCUT2D eigenvalue weighted by Gasteiger charge is -2.16. The number of nitrogens with zero attached hydrogens (tertiary/aromatic N) is 2. The molecule has 0 fully saturated rings. The highest BCUT2D eigenvalue weighted by Crippen LogP contribution is 2.23. The van der Waals surface area contributed by atoms with Crippen molar-refractivity contribution in [3.8, 4) is 0 Å². The molecule has 0 aliphatic carbocycles. The van der Waals surface area contributed by atoms with Crippen LogP contribution in [0.1, 0.15) is 16.8 Å². The van der Waals surface area contributed by atoms with Gasteiger partial charge in [-0.1, -0.05) is 24.3 Å². The summed E-state index contributed by atoms with van der Waals surface area (Å²) in [5, 5.41) is 1.63. The number of aromatic nitrogens is 1. The molecular weight excluding hydrogens is 222 g/mol. The van der Waals surface area contributed by atoms with E-state index in [-0.39, 0.29) is 0 Å². The van der Waals surface area contributed by atoms with Crippen molar-refractivity contribution in [2.24, 2.45) is 5.84 Å². The van der Waals surface area contributed by atoms with Gasteiger partial charge in [-0.15, -0.1) is 0 Å². The molecule has 3 heteroatoms. The Morgan fingerprint density at radius 3 is 2.61 bits per heavy atom. The summed E-state index contributed by atoms with van der Waals surface area (Å²) in [5.74, 6) is 5.84. The van der Waals surface area contributed by atoms with Gasteiger partial charge in [-0.25, -0.2) is 5.84 Å². The quantitative estimate of drug-likeness (QED) is 0.661. The molecule has 18 heavy (non-hydrogen) atoms. The summed E-state index contributed by atoms with van der Waals surface area (Å²) < 4.78 is 0. The van der Waals surface area contributed by atoms with Crippen LogP contribution in [0, 0.1) is 6.92 Å². The minimum atomic E-state index is 0.936. The zero-order chi connectivity index (χ0) is 13.0. The molecule has 0 radical (unpaired) electrons. The van der Waals surface area contributed by atoms with E-state index in [0.717, 1.165) is 16.9 Å². The second-order valence-corrected chi connectivity index (χ2v) is 4.21. The Balaban J connectivity index is 2.37. The molecule has 2 aromatic rings. The Morgan fingerprint density at radius 1 is 1.11 bits per heavy atom. The van der Waals surface area contributed by atoms with Crippen LogP contribution in [0.4, 0.5) is 5.69 Å². The molecule has 0 atom stereocenters. The van der Waals surface area contributed by atoms with Crippen LogP contribution in [0.5, 0.6) is 0 Å². The molecule has 3 nitrogen and oxygen atoms in total. The van der Waals surface area contributed by atoms with Crippen LogP contribution in [0.25, 0.3) is 12.2 Å². The molecule has 0 saturated carbocycles. The first-order valence-electron chi connectivity index (χ1n) is 5.85. The average molecular weight is 239 g/mol. The second kappa shape index (κ2) is 5.47. The number of hydrogen-bond donors (Lipinski definition) is 1. The van der Waals surface area contributed by atoms with E-state index in [4.69, 9.17) is 5.84 Å². The molecule has 1 aromatic carbocycles. The van der Waals surface area contributed by atoms with Crippen molar-refractivity contribution in [1.29, 1.82) is 0 Å². The van der Waals surface area contributed by atoms with Gasteiger partial charge in [-0.2, -0.15) is 0 Å². The average Bonchev–Trinajstić information content (AvgIpc) is 2.38. The Hall–Kier alpha value is -2.13. The predicted octanol–water partition coefficient (Wildman–Crippen LogP) is 2.87. The number of anilines is 1. The lowest BCUT2D eigenvalue weighted by Crippen LogP contribution is -2.25. The van der Waals surface area contributed by atoms with Gasteiger partial charge in [-0.05, 0) is 36.8 Å². The SMILES string of the molecule is Cc1cccc(N(C)N)c1/C=C/c1ccccn1. The van der Waals surface area contributed by atoms with Gasteiger partial charge in [0, 0.05) is 18.8 Å². The van der Waals surface area contributed by atoms with Gasteiger partial charge in [0.2, 0.25) is 0 Å². The van der Waals surface area contributed by atoms with Gasteiger partial charge in [0.15, 0.2) is 0 Å². The van der Waals surface area contributed by atoms with Gasteiger partial charge < -0.3 is 5.01 Å². The predicted molar refractivity (Wildman–Crippen MR) is 76.9 cm³/mol. The Morgan fingerprint density at radius 2 is 1.94 bits per heavy atom. The molecular formula is C15H17N3. The van der Waals surface area contributed by atoms with Crippen molar-refractivity contribution in [1.82, 2.24) is 4.98 Å². The summed E-state index contributed by atoms with van der Waals surface area (Å²) in [5.41, 5.74) is 4.25. The van der Waals surface area contributed by atoms with Crippen molar-refractivity contribution >= 4 is 17.8 Å². The van der Waals surface area contributed by atoms with E-state index in [1.807, 2.05) is 43.5 Å². The lowest BCUT2D eigenvalue weighted by molar-refractivity contribution is 1.01. The molecule has 1 aromatic heterocycles. The first-order valence-corrected chi connectivity index (χ1v) is 5.85. The van der Waals surface area contributed by atoms with E-state index in [2.05, 4.69) is 24.1 Å². The molecule has 0 amide bonds. The van der Waals surface area contributed by atoms with Crippen LogP contribution >= 0.6 is 0 Å². The van der Waals surface area contributed by atoms with E-state index in [1.54, 1.807) is 11.2 Å². The Kier molecular flexibility index (Phi) is 3.75. The maximum Gasteiger partial charge on any atom is 0.0629 e. The van der Waals surface area contributed by atoms with Crippen LogP contribution < -0.4 is 10.9 Å². The van der Waals surface area contributed by atoms with Gasteiger partial charge in [0.25, 0.3) is 0 Å². The topological polar surface area (TPSA) is 42.1 Å². The third-order valence-corrected chi connectivity index (χ3v) is 2.79. The number of hydrogen-bond acceptors (Lipinski definition) is 3. The van der Waals surface area contributed by atoms with E-state index in [0.29, 0.717) is 0 Å². The van der Waals surface area contributed by atoms with Gasteiger partial charge in [0.1, 0.15) is 0 Å². The first-order chi connectivity index (χ1) is 8.68. The van der Waals surface area contributed by atoms with E-state index in [9.17, 15) is 0 Å². The third-order valence-electron chi connectivity index (χ3n) is 2.79. The summed E-state index contributed by atoms with van der Waals surface area (Å²) in [6, 6.07) is 11.9. The maximum absolute atomic E-state index is 5.84. The number of benzene rings is 1. The molecule has 2 N–H and O–H groups in total. The molecule has 1 heterocycles. The number of rotatable bonds is 3. The fourth-order valence-corrected chi connectivity index (χ4v) is 1.83. The van der Waals surface area contributed by atoms with Crippen molar-refractivity contribution in [3.05, 3.63) is 59.4 Å². The van der Waals surface area contributed by atoms with Crippen molar-refractivity contribution < 1.29 is 0 Å². The lowest BCUT2D eigenvalue weighted by atomic mass is 10.1. The third kappa shape index (κ3) is 2.76. The molecule has 92 valence electrons. The molecule has 0 bridgehead atoms. The summed E-state index contributed by atoms with van der Waals surface area (Å²) in [4.78, 5) is 4.27. The van der Waals surface area contributed by atoms with Crippen molar-refractivity contribution in [2.45, 2.75) is 6.92 Å². The van der Waals surface area contributed by atoms with Crippen LogP contribution in [0.15, 0.2) is 42.6 Å². The van der Waals surface area contributed by atoms with E-state index in [1.165, 1.54) is 5.56 Å². The number of nitrogens with two attached hydrogens (primary N) is 1. The fraction of sp³-hybridized carbons (Fsp3) is 0.133. The second-order valence-electron chi connectivity index (χ2n) is 4.21. The normalized spacial score (nSPS) is 10.8. The van der Waals surface area contributed by atoms with Gasteiger partial charge in [0.05, 0.1) is 11.4 Å². The fourth-order valence-electron chi connectivity index (χ4n) is 1.83. The summed E-state index contributed by atoms with van der Waals surface area (Å²) in [7, 11) is 1.84. The molecule has 2 rings (SSSR count). The minimum Gasteiger partial charge on any atom is -0.314 e. The van der Waals surface area contributed by atoms with E-state index < -0.39 is 0 Å². The zero-order valence-electron chi connectivity index (χ0n) is 10.7. The number of pyridine rings is 1. The monoisotopic (exact) mass is 239 g/mol. The highest BCUT2D eigenvalue weighted by molar-refractivity contribution is 5.77. The molecule has 0 spiro atoms. The van der Waals surface area contributed by atoms with Gasteiger partial charge in [-0.3, -0.25) is 4.98 Å². The Bertz CT molecular complexity index is 545. The van der Waals surface area contributed by atoms with Gasteiger partial charge >= 0.3 is 0 Å². The maximum atomic E-state index is 5.84. The van der Waals surface area contributed by atoms with Crippen LogP contribution in [-0.2, 0) is 0 Å². The number of hydrazine groups is 1. The van der Waals surface area contributed by atoms with Crippen LogP contribution in [-0.4, -0.2) is 12.0 Å². The zero-order valence-corrected chi connectivity index (χ0v) is 10.7. The standard InChI is InChI=1S/C15H17N3/c1-12-6-5-8-15(18(2)16)14(12)10-9-13-7-3-4-11-17-13/h3-11H,16H2,1-2H3/b10-9+. The molecule has 0 aliphatic heterocycles. The molecule has 0 unspecified atom stereocenters. The minimum absolute atomic E-state index is 0.936. The van der Waals surface area contributed by atoms with Crippen LogP contribution in [0.2, 0.25) is 0 Å². The largest absolute Gasteiger partial charge is 0.314 e. The summed E-state index contributed by atoms with van der Waals surface area (Å²) >= 11 is 0. The smallest absolute Gasteiger partial charge is 0.0629 e. The highest BCUT2D eigenvalue weighted by atomic mass is 15.4. The molecule has 0 aliphatic rings. The Labute approximate surface area is 108 Å². The summed E-state index contributed by atoms with van der Waals surface area (Å²) in [6.45, 7) is 2.07.